The molecule has 0 bridgehead atoms. The second-order valence-electron chi connectivity index (χ2n) is 4.75. The highest BCUT2D eigenvalue weighted by molar-refractivity contribution is 6.35. The summed E-state index contributed by atoms with van der Waals surface area (Å²) in [6.07, 6.45) is 0.189. The molecule has 0 spiro atoms. The lowest BCUT2D eigenvalue weighted by Gasteiger charge is -2.09. The number of rotatable bonds is 2. The summed E-state index contributed by atoms with van der Waals surface area (Å²) in [6.45, 7) is 1.69. The van der Waals surface area contributed by atoms with Gasteiger partial charge in [-0.05, 0) is 18.6 Å². The molecule has 22 heavy (non-hydrogen) atoms. The van der Waals surface area contributed by atoms with Gasteiger partial charge in [0.15, 0.2) is 5.65 Å². The van der Waals surface area contributed by atoms with Crippen LogP contribution < -0.4 is 0 Å². The lowest BCUT2D eigenvalue weighted by Crippen LogP contribution is -2.02. The first-order valence-corrected chi connectivity index (χ1v) is 7.15. The second kappa shape index (κ2) is 5.56. The lowest BCUT2D eigenvalue weighted by molar-refractivity contribution is 0.613. The molecule has 3 aromatic rings. The van der Waals surface area contributed by atoms with Crippen LogP contribution in [0.4, 0.5) is 4.39 Å². The van der Waals surface area contributed by atoms with Gasteiger partial charge in [0.1, 0.15) is 27.8 Å². The van der Waals surface area contributed by atoms with Gasteiger partial charge >= 0.3 is 0 Å². The molecule has 2 aromatic heterocycles. The fourth-order valence-corrected chi connectivity index (χ4v) is 2.80. The summed E-state index contributed by atoms with van der Waals surface area (Å²) in [5.74, 6) is -0.343. The molecule has 0 saturated carbocycles. The van der Waals surface area contributed by atoms with E-state index in [-0.39, 0.29) is 22.5 Å². The van der Waals surface area contributed by atoms with E-state index < -0.39 is 0 Å². The number of hydrogen-bond acceptors (Lipinski definition) is 3. The Hall–Kier alpha value is -2.16. The van der Waals surface area contributed by atoms with Crippen molar-refractivity contribution in [2.45, 2.75) is 13.3 Å². The summed E-state index contributed by atoms with van der Waals surface area (Å²) in [5, 5.41) is 13.7. The topological polar surface area (TPSA) is 54.0 Å². The van der Waals surface area contributed by atoms with Crippen LogP contribution in [-0.2, 0) is 6.42 Å². The van der Waals surface area contributed by atoms with Crippen LogP contribution in [0.2, 0.25) is 10.3 Å². The van der Waals surface area contributed by atoms with Gasteiger partial charge in [0.25, 0.3) is 0 Å². The minimum Gasteiger partial charge on any atom is -0.215 e. The molecule has 0 atom stereocenters. The van der Waals surface area contributed by atoms with E-state index in [1.165, 1.54) is 10.6 Å². The maximum Gasteiger partial charge on any atom is 0.176 e. The summed E-state index contributed by atoms with van der Waals surface area (Å²) in [4.78, 5) is 4.19. The molecule has 0 fully saturated rings. The molecule has 0 aliphatic rings. The van der Waals surface area contributed by atoms with Crippen molar-refractivity contribution in [3.8, 4) is 6.07 Å². The maximum atomic E-state index is 13.8. The molecule has 0 amide bonds. The number of hydrogen-bond donors (Lipinski definition) is 0. The minimum absolute atomic E-state index is 0.136. The molecule has 2 heterocycles. The van der Waals surface area contributed by atoms with E-state index in [1.54, 1.807) is 25.1 Å². The van der Waals surface area contributed by atoms with Gasteiger partial charge in [-0.15, -0.1) is 0 Å². The molecule has 0 aliphatic heterocycles. The standard InChI is InChI=1S/C15H9Cl2FN4/c1-8-11(7-19)15-20-13(16)10(14(17)22(15)21-8)6-9-4-2-3-5-12(9)18/h2-5H,6H2,1H3. The molecule has 3 rings (SSSR count). The maximum absolute atomic E-state index is 13.8. The number of benzene rings is 1. The number of aromatic nitrogens is 3. The van der Waals surface area contributed by atoms with Crippen molar-refractivity contribution < 1.29 is 4.39 Å². The Morgan fingerprint density at radius 2 is 2.05 bits per heavy atom. The van der Waals surface area contributed by atoms with Gasteiger partial charge in [0.2, 0.25) is 0 Å². The number of nitriles is 1. The quantitative estimate of drug-likeness (QED) is 0.667. The lowest BCUT2D eigenvalue weighted by atomic mass is 10.1. The van der Waals surface area contributed by atoms with Gasteiger partial charge in [0.05, 0.1) is 5.69 Å². The van der Waals surface area contributed by atoms with Crippen LogP contribution >= 0.6 is 23.2 Å². The van der Waals surface area contributed by atoms with Crippen LogP contribution in [0.3, 0.4) is 0 Å². The zero-order chi connectivity index (χ0) is 15.9. The normalized spacial score (nSPS) is 10.9. The van der Waals surface area contributed by atoms with E-state index in [4.69, 9.17) is 28.5 Å². The third-order valence-corrected chi connectivity index (χ3v) is 4.06. The van der Waals surface area contributed by atoms with E-state index in [2.05, 4.69) is 10.1 Å². The van der Waals surface area contributed by atoms with Crippen molar-refractivity contribution in [2.75, 3.05) is 0 Å². The highest BCUT2D eigenvalue weighted by atomic mass is 35.5. The predicted octanol–water partition coefficient (Wildman–Crippen LogP) is 3.95. The van der Waals surface area contributed by atoms with Crippen molar-refractivity contribution in [3.63, 3.8) is 0 Å². The van der Waals surface area contributed by atoms with Gasteiger partial charge in [0, 0.05) is 12.0 Å². The summed E-state index contributed by atoms with van der Waals surface area (Å²) in [5.41, 5.74) is 2.05. The summed E-state index contributed by atoms with van der Waals surface area (Å²) < 4.78 is 15.2. The largest absolute Gasteiger partial charge is 0.215 e. The van der Waals surface area contributed by atoms with Crippen LogP contribution in [0.5, 0.6) is 0 Å². The van der Waals surface area contributed by atoms with E-state index >= 15 is 0 Å². The van der Waals surface area contributed by atoms with Crippen molar-refractivity contribution in [1.29, 1.82) is 5.26 Å². The fraction of sp³-hybridized carbons (Fsp3) is 0.133. The van der Waals surface area contributed by atoms with Crippen LogP contribution in [0.1, 0.15) is 22.4 Å². The van der Waals surface area contributed by atoms with Crippen molar-refractivity contribution in [1.82, 2.24) is 14.6 Å². The van der Waals surface area contributed by atoms with Gasteiger partial charge < -0.3 is 0 Å². The fourth-order valence-electron chi connectivity index (χ4n) is 2.24. The molecule has 0 unspecified atom stereocenters. The first-order valence-electron chi connectivity index (χ1n) is 6.39. The second-order valence-corrected chi connectivity index (χ2v) is 5.46. The van der Waals surface area contributed by atoms with Crippen LogP contribution in [-0.4, -0.2) is 14.6 Å². The zero-order valence-corrected chi connectivity index (χ0v) is 13.0. The molecular weight excluding hydrogens is 326 g/mol. The first kappa shape index (κ1) is 14.8. The summed E-state index contributed by atoms with van der Waals surface area (Å²) in [6, 6.07) is 8.40. The van der Waals surface area contributed by atoms with E-state index in [9.17, 15) is 4.39 Å². The Morgan fingerprint density at radius 3 is 2.73 bits per heavy atom. The Bertz CT molecular complexity index is 927. The van der Waals surface area contributed by atoms with E-state index in [0.717, 1.165) is 0 Å². The molecule has 7 heteroatoms. The smallest absolute Gasteiger partial charge is 0.176 e. The van der Waals surface area contributed by atoms with Crippen molar-refractivity contribution in [3.05, 3.63) is 62.8 Å². The van der Waals surface area contributed by atoms with Crippen LogP contribution in [0.15, 0.2) is 24.3 Å². The highest BCUT2D eigenvalue weighted by Gasteiger charge is 2.19. The number of aryl methyl sites for hydroxylation is 1. The van der Waals surface area contributed by atoms with Gasteiger partial charge in [-0.3, -0.25) is 0 Å². The molecule has 0 radical (unpaired) electrons. The van der Waals surface area contributed by atoms with Crippen molar-refractivity contribution in [2.24, 2.45) is 0 Å². The van der Waals surface area contributed by atoms with Gasteiger partial charge in [-0.1, -0.05) is 41.4 Å². The molecule has 1 aromatic carbocycles. The third-order valence-electron chi connectivity index (χ3n) is 3.36. The highest BCUT2D eigenvalue weighted by Crippen LogP contribution is 2.29. The Kier molecular flexibility index (Phi) is 3.73. The number of halogens is 3. The minimum atomic E-state index is -0.343. The summed E-state index contributed by atoms with van der Waals surface area (Å²) in [7, 11) is 0. The average Bonchev–Trinajstić information content (AvgIpc) is 2.81. The van der Waals surface area contributed by atoms with E-state index in [1.807, 2.05) is 6.07 Å². The van der Waals surface area contributed by atoms with Crippen LogP contribution in [0.25, 0.3) is 5.65 Å². The molecular formula is C15H9Cl2FN4. The van der Waals surface area contributed by atoms with Crippen molar-refractivity contribution >= 4 is 28.8 Å². The SMILES string of the molecule is Cc1nn2c(Cl)c(Cc3ccccc3F)c(Cl)nc2c1C#N. The number of nitrogens with zero attached hydrogens (tertiary/aromatic N) is 4. The number of fused-ring (bicyclic) bond motifs is 1. The Labute approximate surface area is 135 Å². The molecule has 110 valence electrons. The van der Waals surface area contributed by atoms with Gasteiger partial charge in [-0.25, -0.2) is 13.9 Å². The van der Waals surface area contributed by atoms with Crippen LogP contribution in [0, 0.1) is 24.1 Å². The van der Waals surface area contributed by atoms with E-state index in [0.29, 0.717) is 28.0 Å². The monoisotopic (exact) mass is 334 g/mol. The predicted molar refractivity (Wildman–Crippen MR) is 81.7 cm³/mol. The van der Waals surface area contributed by atoms with Gasteiger partial charge in [-0.2, -0.15) is 10.4 Å². The molecule has 0 saturated heterocycles. The molecule has 0 N–H and O–H groups in total. The Morgan fingerprint density at radius 1 is 1.32 bits per heavy atom. The third kappa shape index (κ3) is 2.31. The molecule has 0 aliphatic carbocycles. The average molecular weight is 335 g/mol. The Balaban J connectivity index is 2.20. The summed E-state index contributed by atoms with van der Waals surface area (Å²) >= 11 is 12.5. The molecule has 4 nitrogen and oxygen atoms in total. The first-order chi connectivity index (χ1) is 10.5. The zero-order valence-electron chi connectivity index (χ0n) is 11.4.